The zero-order valence-electron chi connectivity index (χ0n) is 10.1. The number of hydrogen-bond donors (Lipinski definition) is 1. The molecule has 0 saturated carbocycles. The van der Waals surface area contributed by atoms with E-state index in [0.717, 1.165) is 56.9 Å². The molecule has 17 heavy (non-hydrogen) atoms. The summed E-state index contributed by atoms with van der Waals surface area (Å²) in [6.07, 6.45) is 4.80. The van der Waals surface area contributed by atoms with Crippen LogP contribution in [0.1, 0.15) is 24.8 Å². The lowest BCUT2D eigenvalue weighted by molar-refractivity contribution is 0.161. The van der Waals surface area contributed by atoms with Crippen molar-refractivity contribution in [2.24, 2.45) is 0 Å². The Hall–Kier alpha value is -1.22. The van der Waals surface area contributed by atoms with Crippen molar-refractivity contribution >= 4 is 0 Å². The number of aryl methyl sites for hydroxylation is 1. The predicted molar refractivity (Wildman–Crippen MR) is 66.8 cm³/mol. The van der Waals surface area contributed by atoms with Gasteiger partial charge in [0.05, 0.1) is 6.61 Å². The summed E-state index contributed by atoms with van der Waals surface area (Å²) < 4.78 is 11.7. The molecule has 2 heterocycles. The predicted octanol–water partition coefficient (Wildman–Crippen LogP) is 2.14. The summed E-state index contributed by atoms with van der Waals surface area (Å²) in [5.41, 5.74) is 1.31. The maximum Gasteiger partial charge on any atom is 0.126 e. The van der Waals surface area contributed by atoms with Crippen molar-refractivity contribution in [1.29, 1.82) is 0 Å². The van der Waals surface area contributed by atoms with Gasteiger partial charge in [-0.15, -0.1) is 0 Å². The molecule has 0 atom stereocenters. The van der Waals surface area contributed by atoms with Crippen LogP contribution in [0.2, 0.25) is 0 Å². The summed E-state index contributed by atoms with van der Waals surface area (Å²) in [4.78, 5) is 0. The Balaban J connectivity index is 1.70. The van der Waals surface area contributed by atoms with Gasteiger partial charge in [-0.3, -0.25) is 0 Å². The van der Waals surface area contributed by atoms with E-state index < -0.39 is 0 Å². The van der Waals surface area contributed by atoms with Crippen LogP contribution in [0.25, 0.3) is 0 Å². The molecule has 0 amide bonds. The van der Waals surface area contributed by atoms with Crippen LogP contribution in [0.5, 0.6) is 11.5 Å². The van der Waals surface area contributed by atoms with Crippen LogP contribution in [0.4, 0.5) is 0 Å². The van der Waals surface area contributed by atoms with Crippen LogP contribution >= 0.6 is 0 Å². The summed E-state index contributed by atoms with van der Waals surface area (Å²) in [6, 6.07) is 6.27. The fourth-order valence-corrected chi connectivity index (χ4v) is 2.50. The van der Waals surface area contributed by atoms with Gasteiger partial charge in [-0.2, -0.15) is 0 Å². The van der Waals surface area contributed by atoms with Gasteiger partial charge in [0, 0.05) is 6.07 Å². The van der Waals surface area contributed by atoms with Gasteiger partial charge in [-0.25, -0.2) is 0 Å². The monoisotopic (exact) mass is 233 g/mol. The van der Waals surface area contributed by atoms with E-state index in [1.54, 1.807) is 0 Å². The van der Waals surface area contributed by atoms with Crippen LogP contribution in [-0.4, -0.2) is 25.8 Å². The van der Waals surface area contributed by atoms with Gasteiger partial charge >= 0.3 is 0 Å². The lowest BCUT2D eigenvalue weighted by atomic mass is 10.1. The normalized spacial score (nSPS) is 20.5. The maximum atomic E-state index is 6.00. The third-order valence-electron chi connectivity index (χ3n) is 3.48. The Morgan fingerprint density at radius 2 is 2.12 bits per heavy atom. The lowest BCUT2D eigenvalue weighted by Gasteiger charge is -2.25. The van der Waals surface area contributed by atoms with E-state index in [4.69, 9.17) is 9.47 Å². The molecule has 3 rings (SSSR count). The van der Waals surface area contributed by atoms with E-state index in [0.29, 0.717) is 6.10 Å². The molecule has 0 unspecified atom stereocenters. The standard InChI is InChI=1S/C14H19NO2/c1-2-11-3-4-13(10-14(11)16-9-1)17-12-5-7-15-8-6-12/h3-4,10,12,15H,1-2,5-9H2. The highest BCUT2D eigenvalue weighted by molar-refractivity contribution is 5.41. The smallest absolute Gasteiger partial charge is 0.126 e. The number of nitrogens with one attached hydrogen (secondary N) is 1. The minimum Gasteiger partial charge on any atom is -0.493 e. The fraction of sp³-hybridized carbons (Fsp3) is 0.571. The van der Waals surface area contributed by atoms with Gasteiger partial charge in [0.15, 0.2) is 0 Å². The van der Waals surface area contributed by atoms with Crippen molar-refractivity contribution in [2.45, 2.75) is 31.8 Å². The molecule has 3 heteroatoms. The molecule has 2 aliphatic heterocycles. The third kappa shape index (κ3) is 2.55. The van der Waals surface area contributed by atoms with E-state index >= 15 is 0 Å². The molecule has 1 aromatic rings. The number of ether oxygens (including phenoxy) is 2. The number of rotatable bonds is 2. The molecule has 0 aliphatic carbocycles. The summed E-state index contributed by atoms with van der Waals surface area (Å²) in [7, 11) is 0. The summed E-state index contributed by atoms with van der Waals surface area (Å²) >= 11 is 0. The highest BCUT2D eigenvalue weighted by atomic mass is 16.5. The van der Waals surface area contributed by atoms with Crippen LogP contribution < -0.4 is 14.8 Å². The highest BCUT2D eigenvalue weighted by Gasteiger charge is 2.16. The minimum atomic E-state index is 0.359. The van der Waals surface area contributed by atoms with Crippen molar-refractivity contribution in [3.05, 3.63) is 23.8 Å². The molecular formula is C14H19NO2. The van der Waals surface area contributed by atoms with Crippen molar-refractivity contribution in [1.82, 2.24) is 5.32 Å². The minimum absolute atomic E-state index is 0.359. The quantitative estimate of drug-likeness (QED) is 0.849. The lowest BCUT2D eigenvalue weighted by Crippen LogP contribution is -2.34. The van der Waals surface area contributed by atoms with Crippen LogP contribution in [0.15, 0.2) is 18.2 Å². The third-order valence-corrected chi connectivity index (χ3v) is 3.48. The first-order valence-corrected chi connectivity index (χ1v) is 6.55. The van der Waals surface area contributed by atoms with E-state index in [2.05, 4.69) is 23.5 Å². The Labute approximate surface area is 102 Å². The van der Waals surface area contributed by atoms with E-state index in [9.17, 15) is 0 Å². The molecule has 3 nitrogen and oxygen atoms in total. The Bertz CT molecular complexity index is 386. The molecule has 0 spiro atoms. The van der Waals surface area contributed by atoms with Gasteiger partial charge in [-0.1, -0.05) is 6.07 Å². The summed E-state index contributed by atoms with van der Waals surface area (Å²) in [5.74, 6) is 1.97. The molecule has 1 fully saturated rings. The second kappa shape index (κ2) is 4.96. The van der Waals surface area contributed by atoms with E-state index in [1.165, 1.54) is 5.56 Å². The molecule has 0 bridgehead atoms. The Morgan fingerprint density at radius 3 is 3.00 bits per heavy atom. The van der Waals surface area contributed by atoms with Gasteiger partial charge in [0.25, 0.3) is 0 Å². The van der Waals surface area contributed by atoms with Gasteiger partial charge in [0.1, 0.15) is 17.6 Å². The molecule has 92 valence electrons. The van der Waals surface area contributed by atoms with Crippen LogP contribution in [0, 0.1) is 0 Å². The first-order valence-electron chi connectivity index (χ1n) is 6.55. The van der Waals surface area contributed by atoms with Crippen molar-refractivity contribution in [2.75, 3.05) is 19.7 Å². The molecule has 1 N–H and O–H groups in total. The highest BCUT2D eigenvalue weighted by Crippen LogP contribution is 2.30. The summed E-state index contributed by atoms with van der Waals surface area (Å²) in [5, 5.41) is 3.35. The fourth-order valence-electron chi connectivity index (χ4n) is 2.50. The maximum absolute atomic E-state index is 6.00. The SMILES string of the molecule is c1cc2c(cc1OC1CCNCC1)OCCC2. The molecule has 0 aromatic heterocycles. The Morgan fingerprint density at radius 1 is 1.24 bits per heavy atom. The van der Waals surface area contributed by atoms with E-state index in [-0.39, 0.29) is 0 Å². The molecule has 1 aromatic carbocycles. The Kier molecular flexibility index (Phi) is 3.18. The first kappa shape index (κ1) is 10.9. The second-order valence-electron chi connectivity index (χ2n) is 4.79. The van der Waals surface area contributed by atoms with Crippen LogP contribution in [0.3, 0.4) is 0 Å². The van der Waals surface area contributed by atoms with Gasteiger partial charge in [0.2, 0.25) is 0 Å². The van der Waals surface area contributed by atoms with Crippen LogP contribution in [-0.2, 0) is 6.42 Å². The first-order chi connectivity index (χ1) is 8.42. The number of benzene rings is 1. The number of hydrogen-bond acceptors (Lipinski definition) is 3. The van der Waals surface area contributed by atoms with Gasteiger partial charge in [-0.05, 0) is 50.4 Å². The molecule has 1 saturated heterocycles. The number of piperidine rings is 1. The summed E-state index contributed by atoms with van der Waals surface area (Å²) in [6.45, 7) is 2.96. The number of fused-ring (bicyclic) bond motifs is 1. The average Bonchev–Trinajstić information content (AvgIpc) is 2.40. The van der Waals surface area contributed by atoms with Crippen molar-refractivity contribution in [3.63, 3.8) is 0 Å². The molecule has 0 radical (unpaired) electrons. The average molecular weight is 233 g/mol. The largest absolute Gasteiger partial charge is 0.493 e. The van der Waals surface area contributed by atoms with E-state index in [1.807, 2.05) is 0 Å². The van der Waals surface area contributed by atoms with Crippen molar-refractivity contribution in [3.8, 4) is 11.5 Å². The topological polar surface area (TPSA) is 30.5 Å². The second-order valence-corrected chi connectivity index (χ2v) is 4.79. The molecule has 2 aliphatic rings. The molecular weight excluding hydrogens is 214 g/mol. The zero-order chi connectivity index (χ0) is 11.5. The van der Waals surface area contributed by atoms with Gasteiger partial charge < -0.3 is 14.8 Å². The van der Waals surface area contributed by atoms with Crippen molar-refractivity contribution < 1.29 is 9.47 Å². The zero-order valence-corrected chi connectivity index (χ0v) is 10.1.